The van der Waals surface area contributed by atoms with Crippen molar-refractivity contribution in [3.8, 4) is 11.5 Å². The first-order valence-corrected chi connectivity index (χ1v) is 7.15. The second-order valence-electron chi connectivity index (χ2n) is 4.96. The van der Waals surface area contributed by atoms with Crippen LogP contribution >= 0.6 is 0 Å². The average Bonchev–Trinajstić information content (AvgIpc) is 2.60. The summed E-state index contributed by atoms with van der Waals surface area (Å²) in [6, 6.07) is 12.0. The molecule has 1 heterocycles. The minimum atomic E-state index is -0.578. The highest BCUT2D eigenvalue weighted by molar-refractivity contribution is 6.10. The topological polar surface area (TPSA) is 93.3 Å². The number of rotatable bonds is 4. The van der Waals surface area contributed by atoms with E-state index in [4.69, 9.17) is 9.47 Å². The van der Waals surface area contributed by atoms with Crippen LogP contribution in [0.1, 0.15) is 10.5 Å². The third kappa shape index (κ3) is 2.91. The second kappa shape index (κ2) is 6.41. The van der Waals surface area contributed by atoms with Gasteiger partial charge in [-0.15, -0.1) is 0 Å². The van der Waals surface area contributed by atoms with E-state index in [1.807, 2.05) is 0 Å². The number of methoxy groups -OCH3 is 2. The van der Waals surface area contributed by atoms with E-state index in [1.165, 1.54) is 14.2 Å². The Morgan fingerprint density at radius 2 is 1.83 bits per heavy atom. The molecule has 0 aliphatic heterocycles. The van der Waals surface area contributed by atoms with Gasteiger partial charge in [0.15, 0.2) is 11.5 Å². The Balaban J connectivity index is 1.98. The number of nitrogens with zero attached hydrogens (tertiary/aromatic N) is 1. The number of amides is 1. The maximum absolute atomic E-state index is 12.5. The number of aromatic nitrogens is 2. The number of carbonyl (C=O) groups excluding carboxylic acids is 1. The van der Waals surface area contributed by atoms with Crippen molar-refractivity contribution in [3.63, 3.8) is 0 Å². The number of anilines is 1. The Morgan fingerprint density at radius 1 is 1.08 bits per heavy atom. The van der Waals surface area contributed by atoms with Gasteiger partial charge in [-0.1, -0.05) is 18.2 Å². The van der Waals surface area contributed by atoms with Crippen LogP contribution < -0.4 is 20.5 Å². The summed E-state index contributed by atoms with van der Waals surface area (Å²) >= 11 is 0. The van der Waals surface area contributed by atoms with Crippen molar-refractivity contribution in [2.75, 3.05) is 19.5 Å². The van der Waals surface area contributed by atoms with Gasteiger partial charge in [0, 0.05) is 17.1 Å². The molecular weight excluding hydrogens is 310 g/mol. The maximum Gasteiger partial charge on any atom is 0.346 e. The predicted molar refractivity (Wildman–Crippen MR) is 89.9 cm³/mol. The smallest absolute Gasteiger partial charge is 0.346 e. The van der Waals surface area contributed by atoms with Crippen LogP contribution in [0.3, 0.4) is 0 Å². The zero-order valence-electron chi connectivity index (χ0n) is 13.1. The van der Waals surface area contributed by atoms with E-state index in [0.29, 0.717) is 28.1 Å². The monoisotopic (exact) mass is 325 g/mol. The molecule has 0 bridgehead atoms. The van der Waals surface area contributed by atoms with Gasteiger partial charge in [0.1, 0.15) is 5.69 Å². The van der Waals surface area contributed by atoms with E-state index in [9.17, 15) is 9.59 Å². The van der Waals surface area contributed by atoms with Crippen LogP contribution in [0.4, 0.5) is 5.69 Å². The highest BCUT2D eigenvalue weighted by atomic mass is 16.5. The van der Waals surface area contributed by atoms with Gasteiger partial charge in [0.2, 0.25) is 0 Å². The van der Waals surface area contributed by atoms with Crippen molar-refractivity contribution in [2.45, 2.75) is 0 Å². The minimum absolute atomic E-state index is 0.0594. The fraction of sp³-hybridized carbons (Fsp3) is 0.118. The maximum atomic E-state index is 12.5. The van der Waals surface area contributed by atoms with Gasteiger partial charge >= 0.3 is 5.69 Å². The zero-order valence-corrected chi connectivity index (χ0v) is 13.1. The Kier molecular flexibility index (Phi) is 4.15. The molecule has 0 aliphatic carbocycles. The predicted octanol–water partition coefficient (Wildman–Crippen LogP) is 2.19. The lowest BCUT2D eigenvalue weighted by atomic mass is 10.1. The number of hydrogen-bond acceptors (Lipinski definition) is 5. The SMILES string of the molecule is COc1ccc(NC(=O)c2nc(=O)[nH]c3ccccc23)cc1OC. The molecule has 1 aromatic heterocycles. The Hall–Kier alpha value is -3.35. The van der Waals surface area contributed by atoms with Gasteiger partial charge < -0.3 is 19.8 Å². The summed E-state index contributed by atoms with van der Waals surface area (Å²) in [6.45, 7) is 0. The highest BCUT2D eigenvalue weighted by Crippen LogP contribution is 2.30. The molecule has 24 heavy (non-hydrogen) atoms. The summed E-state index contributed by atoms with van der Waals surface area (Å²) in [4.78, 5) is 30.6. The molecule has 1 amide bonds. The van der Waals surface area contributed by atoms with Gasteiger partial charge in [-0.25, -0.2) is 4.79 Å². The molecule has 122 valence electrons. The van der Waals surface area contributed by atoms with Crippen LogP contribution in [-0.4, -0.2) is 30.1 Å². The number of ether oxygens (including phenoxy) is 2. The van der Waals surface area contributed by atoms with E-state index in [1.54, 1.807) is 42.5 Å². The molecule has 0 fully saturated rings. The number of carbonyl (C=O) groups is 1. The summed E-state index contributed by atoms with van der Waals surface area (Å²) in [5, 5.41) is 3.28. The van der Waals surface area contributed by atoms with E-state index < -0.39 is 11.6 Å². The lowest BCUT2D eigenvalue weighted by Crippen LogP contribution is -2.21. The first kappa shape index (κ1) is 15.5. The molecule has 2 aromatic carbocycles. The third-order valence-electron chi connectivity index (χ3n) is 3.49. The first-order valence-electron chi connectivity index (χ1n) is 7.15. The van der Waals surface area contributed by atoms with Gasteiger partial charge in [-0.2, -0.15) is 4.98 Å². The van der Waals surface area contributed by atoms with Crippen molar-refractivity contribution in [1.29, 1.82) is 0 Å². The Labute approximate surface area is 137 Å². The molecule has 0 atom stereocenters. The number of nitrogens with one attached hydrogen (secondary N) is 2. The van der Waals surface area contributed by atoms with Gasteiger partial charge in [0.05, 0.1) is 19.7 Å². The number of fused-ring (bicyclic) bond motifs is 1. The van der Waals surface area contributed by atoms with Crippen molar-refractivity contribution < 1.29 is 14.3 Å². The standard InChI is InChI=1S/C17H15N3O4/c1-23-13-8-7-10(9-14(13)24-2)18-16(21)15-11-5-3-4-6-12(11)19-17(22)20-15/h3-9H,1-2H3,(H,18,21)(H,19,20,22). The molecule has 3 rings (SSSR count). The molecule has 2 N–H and O–H groups in total. The molecule has 0 saturated carbocycles. The van der Waals surface area contributed by atoms with Crippen molar-refractivity contribution in [3.05, 3.63) is 58.6 Å². The van der Waals surface area contributed by atoms with Gasteiger partial charge in [0.25, 0.3) is 5.91 Å². The van der Waals surface area contributed by atoms with Crippen LogP contribution in [-0.2, 0) is 0 Å². The molecule has 0 unspecified atom stereocenters. The van der Waals surface area contributed by atoms with E-state index in [2.05, 4.69) is 15.3 Å². The van der Waals surface area contributed by atoms with E-state index in [0.717, 1.165) is 0 Å². The molecule has 0 radical (unpaired) electrons. The number of benzene rings is 2. The van der Waals surface area contributed by atoms with Crippen LogP contribution in [0.5, 0.6) is 11.5 Å². The molecule has 7 nitrogen and oxygen atoms in total. The lowest BCUT2D eigenvalue weighted by molar-refractivity contribution is 0.102. The van der Waals surface area contributed by atoms with Crippen molar-refractivity contribution >= 4 is 22.5 Å². The van der Waals surface area contributed by atoms with E-state index >= 15 is 0 Å². The average molecular weight is 325 g/mol. The largest absolute Gasteiger partial charge is 0.493 e. The van der Waals surface area contributed by atoms with Crippen LogP contribution in [0.15, 0.2) is 47.3 Å². The molecule has 0 aliphatic rings. The number of para-hydroxylation sites is 1. The minimum Gasteiger partial charge on any atom is -0.493 e. The Bertz CT molecular complexity index is 965. The van der Waals surface area contributed by atoms with E-state index in [-0.39, 0.29) is 5.69 Å². The van der Waals surface area contributed by atoms with Gasteiger partial charge in [-0.05, 0) is 18.2 Å². The molecule has 0 saturated heterocycles. The summed E-state index contributed by atoms with van der Waals surface area (Å²) < 4.78 is 10.4. The molecule has 7 heteroatoms. The summed E-state index contributed by atoms with van der Waals surface area (Å²) in [5.74, 6) is 0.554. The van der Waals surface area contributed by atoms with Gasteiger partial charge in [-0.3, -0.25) is 4.79 Å². The summed E-state index contributed by atoms with van der Waals surface area (Å²) in [5.41, 5.74) is 0.536. The van der Waals surface area contributed by atoms with Crippen LogP contribution in [0, 0.1) is 0 Å². The normalized spacial score (nSPS) is 10.4. The second-order valence-corrected chi connectivity index (χ2v) is 4.96. The molecular formula is C17H15N3O4. The Morgan fingerprint density at radius 3 is 2.58 bits per heavy atom. The molecule has 0 spiro atoms. The highest BCUT2D eigenvalue weighted by Gasteiger charge is 2.14. The number of H-pyrrole nitrogens is 1. The third-order valence-corrected chi connectivity index (χ3v) is 3.49. The van der Waals surface area contributed by atoms with Crippen LogP contribution in [0.25, 0.3) is 10.9 Å². The summed E-state index contributed by atoms with van der Waals surface area (Å²) in [7, 11) is 3.04. The van der Waals surface area contributed by atoms with Crippen LogP contribution in [0.2, 0.25) is 0 Å². The summed E-state index contributed by atoms with van der Waals surface area (Å²) in [6.07, 6.45) is 0. The fourth-order valence-electron chi connectivity index (χ4n) is 2.38. The fourth-order valence-corrected chi connectivity index (χ4v) is 2.38. The van der Waals surface area contributed by atoms with Crippen molar-refractivity contribution in [1.82, 2.24) is 9.97 Å². The lowest BCUT2D eigenvalue weighted by Gasteiger charge is -2.11. The molecule has 3 aromatic rings. The van der Waals surface area contributed by atoms with Crippen molar-refractivity contribution in [2.24, 2.45) is 0 Å². The first-order chi connectivity index (χ1) is 11.6. The number of hydrogen-bond donors (Lipinski definition) is 2. The zero-order chi connectivity index (χ0) is 17.1. The number of aromatic amines is 1. The quantitative estimate of drug-likeness (QED) is 0.767.